The quantitative estimate of drug-likeness (QED) is 0.263. The Morgan fingerprint density at radius 3 is 2.71 bits per heavy atom. The van der Waals surface area contributed by atoms with Crippen molar-refractivity contribution >= 4 is 16.9 Å². The largest absolute Gasteiger partial charge is 0.507 e. The van der Waals surface area contributed by atoms with Gasteiger partial charge >= 0.3 is 0 Å². The molecule has 1 aliphatic rings. The Kier molecular flexibility index (Phi) is 7.57. The average Bonchev–Trinajstić information content (AvgIpc) is 3.46. The first kappa shape index (κ1) is 26.4. The molecule has 1 unspecified atom stereocenters. The number of methoxy groups -OCH3 is 1. The summed E-state index contributed by atoms with van der Waals surface area (Å²) in [4.78, 5) is 31.9. The number of phenolic OH excluding ortho intramolecular Hbond substituents is 1. The molecule has 4 heterocycles. The number of H-pyrrole nitrogens is 1. The highest BCUT2D eigenvalue weighted by Crippen LogP contribution is 2.35. The van der Waals surface area contributed by atoms with Crippen molar-refractivity contribution in [1.82, 2.24) is 30.2 Å². The van der Waals surface area contributed by atoms with Gasteiger partial charge in [-0.2, -0.15) is 0 Å². The number of benzene rings is 2. The number of carbonyl (C=O) groups is 1. The third kappa shape index (κ3) is 5.60. The third-order valence-electron chi connectivity index (χ3n) is 7.31. The lowest BCUT2D eigenvalue weighted by Crippen LogP contribution is -2.43. The van der Waals surface area contributed by atoms with Crippen LogP contribution in [0.15, 0.2) is 79.3 Å². The highest BCUT2D eigenvalue weighted by molar-refractivity contribution is 5.97. The second-order valence-corrected chi connectivity index (χ2v) is 9.76. The van der Waals surface area contributed by atoms with Gasteiger partial charge in [-0.05, 0) is 65.7 Å². The van der Waals surface area contributed by atoms with Gasteiger partial charge in [0.05, 0.1) is 43.0 Å². The number of hydrogen-bond donors (Lipinski definition) is 3. The van der Waals surface area contributed by atoms with Crippen molar-refractivity contribution in [3.63, 3.8) is 0 Å². The van der Waals surface area contributed by atoms with E-state index in [0.29, 0.717) is 48.1 Å². The van der Waals surface area contributed by atoms with Crippen LogP contribution in [0.2, 0.25) is 0 Å². The molecule has 0 bridgehead atoms. The van der Waals surface area contributed by atoms with Crippen molar-refractivity contribution in [1.29, 1.82) is 0 Å². The number of morpholine rings is 1. The fourth-order valence-electron chi connectivity index (χ4n) is 5.16. The van der Waals surface area contributed by atoms with Crippen molar-refractivity contribution in [3.8, 4) is 34.1 Å². The molecule has 3 aromatic heterocycles. The van der Waals surface area contributed by atoms with Gasteiger partial charge in [-0.25, -0.2) is 9.97 Å². The van der Waals surface area contributed by atoms with Gasteiger partial charge in [-0.3, -0.25) is 14.7 Å². The number of rotatable bonds is 8. The predicted octanol–water partition coefficient (Wildman–Crippen LogP) is 4.20. The predicted molar refractivity (Wildman–Crippen MR) is 155 cm³/mol. The van der Waals surface area contributed by atoms with Crippen LogP contribution in [0.25, 0.3) is 33.5 Å². The van der Waals surface area contributed by atoms with E-state index in [9.17, 15) is 9.90 Å². The van der Waals surface area contributed by atoms with Crippen LogP contribution in [0, 0.1) is 0 Å². The van der Waals surface area contributed by atoms with E-state index < -0.39 is 0 Å². The standard InChI is InChI=1S/C31H30N6O4/c1-40-31-23(3-2-10-33-31)21-5-7-28(38)24(17-21)29-35-25-6-4-22(18-26(25)36-29)30(39)34-19-27(20-8-11-32-12-9-20)37-13-15-41-16-14-37/h2-12,17-18,27,38H,13-16,19H2,1H3,(H,34,39)(H,35,36). The number of carbonyl (C=O) groups excluding carboxylic acids is 1. The topological polar surface area (TPSA) is 125 Å². The molecule has 10 nitrogen and oxygen atoms in total. The van der Waals surface area contributed by atoms with Crippen LogP contribution in [-0.4, -0.2) is 75.8 Å². The van der Waals surface area contributed by atoms with Crippen molar-refractivity contribution in [3.05, 3.63) is 90.4 Å². The lowest BCUT2D eigenvalue weighted by atomic mass is 10.0. The second-order valence-electron chi connectivity index (χ2n) is 9.76. The maximum atomic E-state index is 13.2. The summed E-state index contributed by atoms with van der Waals surface area (Å²) in [5.74, 6) is 0.880. The summed E-state index contributed by atoms with van der Waals surface area (Å²) >= 11 is 0. The summed E-state index contributed by atoms with van der Waals surface area (Å²) in [6, 6.07) is 18.3. The van der Waals surface area contributed by atoms with E-state index >= 15 is 0 Å². The number of pyridine rings is 2. The molecular formula is C31H30N6O4. The van der Waals surface area contributed by atoms with E-state index in [2.05, 4.69) is 25.2 Å². The Balaban J connectivity index is 1.23. The maximum Gasteiger partial charge on any atom is 0.251 e. The van der Waals surface area contributed by atoms with Gasteiger partial charge in [0.15, 0.2) is 0 Å². The van der Waals surface area contributed by atoms with Crippen molar-refractivity contribution in [2.45, 2.75) is 6.04 Å². The van der Waals surface area contributed by atoms with Gasteiger partial charge < -0.3 is 24.9 Å². The van der Waals surface area contributed by atoms with Crippen molar-refractivity contribution < 1.29 is 19.4 Å². The number of hydrogen-bond acceptors (Lipinski definition) is 8. The molecule has 6 rings (SSSR count). The molecule has 208 valence electrons. The van der Waals surface area contributed by atoms with Gasteiger partial charge in [0.1, 0.15) is 11.6 Å². The molecule has 1 aliphatic heterocycles. The first-order valence-electron chi connectivity index (χ1n) is 13.4. The fourth-order valence-corrected chi connectivity index (χ4v) is 5.16. The minimum atomic E-state index is -0.183. The van der Waals surface area contributed by atoms with E-state index in [4.69, 9.17) is 14.5 Å². The van der Waals surface area contributed by atoms with E-state index in [-0.39, 0.29) is 17.7 Å². The van der Waals surface area contributed by atoms with E-state index in [1.54, 1.807) is 50.0 Å². The molecule has 1 saturated heterocycles. The van der Waals surface area contributed by atoms with Crippen LogP contribution < -0.4 is 10.1 Å². The molecule has 0 aliphatic carbocycles. The minimum absolute atomic E-state index is 0.0141. The summed E-state index contributed by atoms with van der Waals surface area (Å²) in [5.41, 5.74) is 5.13. The number of fused-ring (bicyclic) bond motifs is 1. The number of nitrogens with zero attached hydrogens (tertiary/aromatic N) is 4. The molecule has 3 N–H and O–H groups in total. The van der Waals surface area contributed by atoms with Crippen LogP contribution >= 0.6 is 0 Å². The number of aromatic nitrogens is 4. The van der Waals surface area contributed by atoms with Gasteiger partial charge in [-0.15, -0.1) is 0 Å². The lowest BCUT2D eigenvalue weighted by Gasteiger charge is -2.34. The smallest absolute Gasteiger partial charge is 0.251 e. The highest BCUT2D eigenvalue weighted by atomic mass is 16.5. The molecule has 1 fully saturated rings. The number of aromatic amines is 1. The van der Waals surface area contributed by atoms with Crippen molar-refractivity contribution in [2.24, 2.45) is 0 Å². The Bertz CT molecular complexity index is 1670. The molecule has 10 heteroatoms. The van der Waals surface area contributed by atoms with Gasteiger partial charge in [-0.1, -0.05) is 6.07 Å². The van der Waals surface area contributed by atoms with Gasteiger partial charge in [0, 0.05) is 49.4 Å². The number of ether oxygens (including phenoxy) is 2. The number of nitrogens with one attached hydrogen (secondary N) is 2. The van der Waals surface area contributed by atoms with E-state index in [0.717, 1.165) is 35.3 Å². The summed E-state index contributed by atoms with van der Waals surface area (Å²) < 4.78 is 10.9. The van der Waals surface area contributed by atoms with Crippen LogP contribution in [0.1, 0.15) is 22.0 Å². The maximum absolute atomic E-state index is 13.2. The zero-order valence-corrected chi connectivity index (χ0v) is 22.6. The Labute approximate surface area is 237 Å². The minimum Gasteiger partial charge on any atom is -0.507 e. The fraction of sp³-hybridized carbons (Fsp3) is 0.226. The van der Waals surface area contributed by atoms with E-state index in [1.165, 1.54) is 0 Å². The normalized spacial score (nSPS) is 14.6. The summed E-state index contributed by atoms with van der Waals surface area (Å²) in [5, 5.41) is 13.8. The van der Waals surface area contributed by atoms with Crippen LogP contribution in [0.5, 0.6) is 11.6 Å². The molecule has 41 heavy (non-hydrogen) atoms. The molecule has 0 spiro atoms. The van der Waals surface area contributed by atoms with E-state index in [1.807, 2.05) is 36.4 Å². The molecular weight excluding hydrogens is 520 g/mol. The second kappa shape index (κ2) is 11.7. The zero-order chi connectivity index (χ0) is 28.2. The summed E-state index contributed by atoms with van der Waals surface area (Å²) in [6.07, 6.45) is 5.21. The number of phenols is 1. The molecule has 1 amide bonds. The zero-order valence-electron chi connectivity index (χ0n) is 22.6. The summed E-state index contributed by atoms with van der Waals surface area (Å²) in [7, 11) is 1.57. The Morgan fingerprint density at radius 1 is 1.07 bits per heavy atom. The monoisotopic (exact) mass is 550 g/mol. The summed E-state index contributed by atoms with van der Waals surface area (Å²) in [6.45, 7) is 3.38. The first-order chi connectivity index (χ1) is 20.1. The SMILES string of the molecule is COc1ncccc1-c1ccc(O)c(-c2nc3cc(C(=O)NCC(c4ccncc4)N4CCOCC4)ccc3[nH]2)c1. The number of amides is 1. The van der Waals surface area contributed by atoms with Crippen molar-refractivity contribution in [2.75, 3.05) is 40.0 Å². The molecule has 0 radical (unpaired) electrons. The number of aromatic hydroxyl groups is 1. The molecule has 5 aromatic rings. The first-order valence-corrected chi connectivity index (χ1v) is 13.4. The Morgan fingerprint density at radius 2 is 1.90 bits per heavy atom. The van der Waals surface area contributed by atoms with Gasteiger partial charge in [0.25, 0.3) is 5.91 Å². The van der Waals surface area contributed by atoms with Crippen LogP contribution in [-0.2, 0) is 4.74 Å². The van der Waals surface area contributed by atoms with Crippen LogP contribution in [0.3, 0.4) is 0 Å². The highest BCUT2D eigenvalue weighted by Gasteiger charge is 2.23. The van der Waals surface area contributed by atoms with Gasteiger partial charge in [0.2, 0.25) is 5.88 Å². The lowest BCUT2D eigenvalue weighted by molar-refractivity contribution is 0.0162. The molecule has 1 atom stereocenters. The molecule has 0 saturated carbocycles. The molecule has 2 aromatic carbocycles. The average molecular weight is 551 g/mol. The van der Waals surface area contributed by atoms with Crippen LogP contribution in [0.4, 0.5) is 0 Å². The number of imidazole rings is 1. The third-order valence-corrected chi connectivity index (χ3v) is 7.31. The Hall–Kier alpha value is -4.80.